The third-order valence-corrected chi connectivity index (χ3v) is 6.29. The topological polar surface area (TPSA) is 51.7 Å². The lowest BCUT2D eigenvalue weighted by Crippen LogP contribution is -2.54. The number of piperidine rings is 1. The van der Waals surface area contributed by atoms with E-state index < -0.39 is 0 Å². The van der Waals surface area contributed by atoms with Crippen LogP contribution < -0.4 is 5.32 Å². The number of hydrogen-bond acceptors (Lipinski definition) is 4. The fourth-order valence-corrected chi connectivity index (χ4v) is 4.35. The first kappa shape index (κ1) is 20.8. The Kier molecular flexibility index (Phi) is 7.32. The first-order valence-corrected chi connectivity index (χ1v) is 11.2. The molecule has 30 heavy (non-hydrogen) atoms. The molecule has 0 unspecified atom stereocenters. The maximum absolute atomic E-state index is 12.7. The van der Waals surface area contributed by atoms with E-state index in [-0.39, 0.29) is 6.03 Å². The van der Waals surface area contributed by atoms with Crippen LogP contribution in [-0.2, 0) is 13.0 Å². The quantitative estimate of drug-likeness (QED) is 0.800. The number of benzene rings is 1. The second kappa shape index (κ2) is 10.5. The molecule has 2 aromatic rings. The molecule has 0 bridgehead atoms. The summed E-state index contributed by atoms with van der Waals surface area (Å²) in [6.07, 6.45) is 6.86. The van der Waals surface area contributed by atoms with Crippen LogP contribution in [0.4, 0.5) is 4.79 Å². The zero-order chi connectivity index (χ0) is 20.6. The van der Waals surface area contributed by atoms with E-state index in [0.29, 0.717) is 6.04 Å². The number of nitrogens with one attached hydrogen (secondary N) is 1. The average molecular weight is 408 g/mol. The Morgan fingerprint density at radius 3 is 2.27 bits per heavy atom. The molecule has 0 aliphatic carbocycles. The van der Waals surface area contributed by atoms with Crippen LogP contribution in [-0.4, -0.2) is 77.6 Å². The van der Waals surface area contributed by atoms with Gasteiger partial charge < -0.3 is 15.1 Å². The number of hydrogen-bond donors (Lipinski definition) is 1. The molecule has 6 nitrogen and oxygen atoms in total. The number of nitrogens with zero attached hydrogens (tertiary/aromatic N) is 4. The fourth-order valence-electron chi connectivity index (χ4n) is 4.35. The van der Waals surface area contributed by atoms with E-state index in [1.54, 1.807) is 0 Å². The lowest BCUT2D eigenvalue weighted by molar-refractivity contribution is 0.128. The monoisotopic (exact) mass is 407 g/mol. The standard InChI is InChI=1S/C24H33N5O/c30-24(29-18-16-28(17-19-29)20-22-4-2-1-3-5-22)26-23-9-14-27(15-10-23)13-8-21-6-11-25-12-7-21/h1-7,11-12,23H,8-10,13-20H2,(H,26,30). The number of likely N-dealkylation sites (tertiary alicyclic amines) is 1. The largest absolute Gasteiger partial charge is 0.335 e. The van der Waals surface area contributed by atoms with Gasteiger partial charge in [-0.25, -0.2) is 4.79 Å². The summed E-state index contributed by atoms with van der Waals surface area (Å²) in [6.45, 7) is 7.66. The number of aromatic nitrogens is 1. The van der Waals surface area contributed by atoms with E-state index in [9.17, 15) is 4.79 Å². The van der Waals surface area contributed by atoms with Crippen molar-refractivity contribution < 1.29 is 4.79 Å². The Bertz CT molecular complexity index is 769. The fraction of sp³-hybridized carbons (Fsp3) is 0.500. The van der Waals surface area contributed by atoms with Crippen molar-refractivity contribution in [1.29, 1.82) is 0 Å². The molecule has 3 heterocycles. The minimum absolute atomic E-state index is 0.115. The summed E-state index contributed by atoms with van der Waals surface area (Å²) in [6, 6.07) is 15.2. The van der Waals surface area contributed by atoms with Crippen molar-refractivity contribution in [2.45, 2.75) is 31.8 Å². The molecule has 0 radical (unpaired) electrons. The van der Waals surface area contributed by atoms with Crippen LogP contribution in [0.5, 0.6) is 0 Å². The molecule has 2 aliphatic rings. The van der Waals surface area contributed by atoms with Gasteiger partial charge in [-0.1, -0.05) is 30.3 Å². The molecule has 2 amide bonds. The van der Waals surface area contributed by atoms with E-state index in [1.807, 2.05) is 17.3 Å². The molecule has 1 aromatic heterocycles. The van der Waals surface area contributed by atoms with Crippen molar-refractivity contribution in [3.63, 3.8) is 0 Å². The highest BCUT2D eigenvalue weighted by molar-refractivity contribution is 5.74. The van der Waals surface area contributed by atoms with Crippen LogP contribution in [0.2, 0.25) is 0 Å². The van der Waals surface area contributed by atoms with Crippen LogP contribution in [0.1, 0.15) is 24.0 Å². The molecule has 1 aromatic carbocycles. The number of piperazine rings is 1. The van der Waals surface area contributed by atoms with Gasteiger partial charge in [-0.15, -0.1) is 0 Å². The van der Waals surface area contributed by atoms with Crippen molar-refractivity contribution in [2.24, 2.45) is 0 Å². The van der Waals surface area contributed by atoms with Gasteiger partial charge in [-0.05, 0) is 42.5 Å². The van der Waals surface area contributed by atoms with Gasteiger partial charge in [0.1, 0.15) is 0 Å². The van der Waals surface area contributed by atoms with E-state index in [2.05, 4.69) is 62.6 Å². The average Bonchev–Trinajstić information content (AvgIpc) is 2.80. The number of amides is 2. The number of carbonyl (C=O) groups is 1. The van der Waals surface area contributed by atoms with E-state index in [1.165, 1.54) is 11.1 Å². The zero-order valence-corrected chi connectivity index (χ0v) is 17.7. The van der Waals surface area contributed by atoms with Gasteiger partial charge in [-0.3, -0.25) is 9.88 Å². The van der Waals surface area contributed by atoms with Crippen LogP contribution in [0.25, 0.3) is 0 Å². The van der Waals surface area contributed by atoms with Crippen molar-refractivity contribution in [1.82, 2.24) is 25.0 Å². The summed E-state index contributed by atoms with van der Waals surface area (Å²) in [4.78, 5) is 23.7. The number of urea groups is 1. The first-order valence-electron chi connectivity index (χ1n) is 11.2. The summed E-state index contributed by atoms with van der Waals surface area (Å²) in [5.41, 5.74) is 2.68. The maximum Gasteiger partial charge on any atom is 0.317 e. The van der Waals surface area contributed by atoms with Gasteiger partial charge in [0.05, 0.1) is 0 Å². The predicted octanol–water partition coefficient (Wildman–Crippen LogP) is 2.62. The molecule has 0 saturated carbocycles. The molecule has 160 valence electrons. The van der Waals surface area contributed by atoms with Gasteiger partial charge in [0.25, 0.3) is 0 Å². The number of rotatable bonds is 6. The lowest BCUT2D eigenvalue weighted by Gasteiger charge is -2.37. The SMILES string of the molecule is O=C(NC1CCN(CCc2ccncc2)CC1)N1CCN(Cc2ccccc2)CC1. The van der Waals surface area contributed by atoms with Crippen molar-refractivity contribution in [2.75, 3.05) is 45.8 Å². The van der Waals surface area contributed by atoms with Gasteiger partial charge in [0.2, 0.25) is 0 Å². The van der Waals surface area contributed by atoms with E-state index >= 15 is 0 Å². The minimum Gasteiger partial charge on any atom is -0.335 e. The van der Waals surface area contributed by atoms with E-state index in [4.69, 9.17) is 0 Å². The molecule has 1 N–H and O–H groups in total. The molecular formula is C24H33N5O. The molecule has 6 heteroatoms. The van der Waals surface area contributed by atoms with Crippen molar-refractivity contribution >= 4 is 6.03 Å². The van der Waals surface area contributed by atoms with Crippen LogP contribution in [0.15, 0.2) is 54.9 Å². The summed E-state index contributed by atoms with van der Waals surface area (Å²) in [7, 11) is 0. The Morgan fingerprint density at radius 2 is 1.57 bits per heavy atom. The highest BCUT2D eigenvalue weighted by atomic mass is 16.2. The molecule has 2 aliphatic heterocycles. The van der Waals surface area contributed by atoms with Gasteiger partial charge >= 0.3 is 6.03 Å². The van der Waals surface area contributed by atoms with Crippen molar-refractivity contribution in [3.8, 4) is 0 Å². The highest BCUT2D eigenvalue weighted by Crippen LogP contribution is 2.13. The number of pyridine rings is 1. The summed E-state index contributed by atoms with van der Waals surface area (Å²) < 4.78 is 0. The first-order chi connectivity index (χ1) is 14.8. The molecule has 0 atom stereocenters. The van der Waals surface area contributed by atoms with Gasteiger partial charge in [-0.2, -0.15) is 0 Å². The lowest BCUT2D eigenvalue weighted by atomic mass is 10.0. The molecule has 4 rings (SSSR count). The smallest absolute Gasteiger partial charge is 0.317 e. The maximum atomic E-state index is 12.7. The van der Waals surface area contributed by atoms with Gasteiger partial charge in [0, 0.05) is 70.8 Å². The summed E-state index contributed by atoms with van der Waals surface area (Å²) in [5, 5.41) is 3.28. The normalized spacial score (nSPS) is 19.0. The molecule has 2 saturated heterocycles. The van der Waals surface area contributed by atoms with Crippen molar-refractivity contribution in [3.05, 3.63) is 66.0 Å². The third-order valence-electron chi connectivity index (χ3n) is 6.29. The van der Waals surface area contributed by atoms with E-state index in [0.717, 1.165) is 71.6 Å². The Labute approximate surface area is 179 Å². The molecule has 2 fully saturated rings. The number of carbonyl (C=O) groups excluding carboxylic acids is 1. The van der Waals surface area contributed by atoms with Gasteiger partial charge in [0.15, 0.2) is 0 Å². The summed E-state index contributed by atoms with van der Waals surface area (Å²) in [5.74, 6) is 0. The third kappa shape index (κ3) is 6.03. The predicted molar refractivity (Wildman–Crippen MR) is 119 cm³/mol. The Morgan fingerprint density at radius 1 is 0.867 bits per heavy atom. The Balaban J connectivity index is 1.13. The molecule has 0 spiro atoms. The van der Waals surface area contributed by atoms with Crippen LogP contribution in [0, 0.1) is 0 Å². The summed E-state index contributed by atoms with van der Waals surface area (Å²) >= 11 is 0. The zero-order valence-electron chi connectivity index (χ0n) is 17.7. The second-order valence-corrected chi connectivity index (χ2v) is 8.42. The molecular weight excluding hydrogens is 374 g/mol. The van der Waals surface area contributed by atoms with Crippen LogP contribution in [0.3, 0.4) is 0 Å². The minimum atomic E-state index is 0.115. The van der Waals surface area contributed by atoms with Crippen LogP contribution >= 0.6 is 0 Å². The second-order valence-electron chi connectivity index (χ2n) is 8.42. The highest BCUT2D eigenvalue weighted by Gasteiger charge is 2.25. The Hall–Kier alpha value is -2.44.